The van der Waals surface area contributed by atoms with Crippen molar-refractivity contribution in [2.45, 2.75) is 26.2 Å². The second-order valence-electron chi connectivity index (χ2n) is 5.05. The van der Waals surface area contributed by atoms with Gasteiger partial charge in [0.15, 0.2) is 0 Å². The Hall–Kier alpha value is -1.63. The van der Waals surface area contributed by atoms with Crippen molar-refractivity contribution >= 4 is 0 Å². The topological polar surface area (TPSA) is 12.9 Å². The van der Waals surface area contributed by atoms with Gasteiger partial charge in [0.05, 0.1) is 0 Å². The minimum absolute atomic E-state index is 0.120. The fourth-order valence-corrected chi connectivity index (χ4v) is 1.64. The van der Waals surface area contributed by atoms with Crippen molar-refractivity contribution in [1.82, 2.24) is 4.98 Å². The molecule has 2 aromatic rings. The smallest absolute Gasteiger partial charge is 0.0457 e. The van der Waals surface area contributed by atoms with Gasteiger partial charge < -0.3 is 0 Å². The number of nitrogens with zero attached hydrogens (tertiary/aromatic N) is 1. The van der Waals surface area contributed by atoms with Crippen molar-refractivity contribution in [1.29, 1.82) is 0 Å². The Morgan fingerprint density at radius 3 is 2.00 bits per heavy atom. The van der Waals surface area contributed by atoms with Crippen molar-refractivity contribution < 1.29 is 0 Å². The zero-order valence-corrected chi connectivity index (χ0v) is 10.1. The van der Waals surface area contributed by atoms with Gasteiger partial charge in [-0.3, -0.25) is 4.98 Å². The van der Waals surface area contributed by atoms with E-state index in [9.17, 15) is 0 Å². The summed E-state index contributed by atoms with van der Waals surface area (Å²) in [6.45, 7) is 6.53. The third-order valence-electron chi connectivity index (χ3n) is 2.64. The van der Waals surface area contributed by atoms with Crippen LogP contribution in [0.3, 0.4) is 0 Å². The van der Waals surface area contributed by atoms with Crippen LogP contribution >= 0.6 is 0 Å². The van der Waals surface area contributed by atoms with Crippen LogP contribution in [0.1, 0.15) is 26.5 Å². The summed E-state index contributed by atoms with van der Waals surface area (Å²) < 4.78 is 0. The Balaban J connectivity index is 2.34. The van der Waals surface area contributed by atoms with E-state index in [2.05, 4.69) is 50.0 Å². The maximum absolute atomic E-state index is 4.53. The van der Waals surface area contributed by atoms with Gasteiger partial charge in [-0.1, -0.05) is 57.2 Å². The molecule has 1 aromatic heterocycles. The lowest BCUT2D eigenvalue weighted by atomic mass is 9.91. The first kappa shape index (κ1) is 10.9. The maximum atomic E-state index is 4.53. The summed E-state index contributed by atoms with van der Waals surface area (Å²) in [5.41, 5.74) is 3.64. The molecule has 0 amide bonds. The van der Waals surface area contributed by atoms with Crippen molar-refractivity contribution in [3.05, 3.63) is 54.4 Å². The molecule has 0 aliphatic carbocycles. The highest BCUT2D eigenvalue weighted by Crippen LogP contribution is 2.23. The molecular weight excluding hydrogens is 194 g/mol. The molecule has 0 aliphatic rings. The van der Waals surface area contributed by atoms with Crippen LogP contribution in [-0.4, -0.2) is 4.98 Å². The Labute approximate surface area is 97.2 Å². The second-order valence-corrected chi connectivity index (χ2v) is 5.05. The molecule has 1 aromatic carbocycles. The van der Waals surface area contributed by atoms with E-state index in [-0.39, 0.29) is 5.41 Å². The molecule has 0 fully saturated rings. The first-order valence-electron chi connectivity index (χ1n) is 5.59. The zero-order chi connectivity index (χ0) is 11.6. The van der Waals surface area contributed by atoms with Crippen molar-refractivity contribution in [2.75, 3.05) is 0 Å². The van der Waals surface area contributed by atoms with Crippen LogP contribution in [0.4, 0.5) is 0 Å². The molecule has 0 radical (unpaired) electrons. The molecule has 0 spiro atoms. The highest BCUT2D eigenvalue weighted by molar-refractivity contribution is 5.62. The molecule has 0 saturated carbocycles. The van der Waals surface area contributed by atoms with Crippen molar-refractivity contribution in [3.63, 3.8) is 0 Å². The molecule has 1 heteroatoms. The highest BCUT2D eigenvalue weighted by atomic mass is 14.7. The van der Waals surface area contributed by atoms with E-state index in [4.69, 9.17) is 0 Å². The van der Waals surface area contributed by atoms with Crippen molar-refractivity contribution in [2.24, 2.45) is 0 Å². The normalized spacial score (nSPS) is 11.4. The quantitative estimate of drug-likeness (QED) is 0.693. The number of hydrogen-bond donors (Lipinski definition) is 0. The number of benzene rings is 1. The van der Waals surface area contributed by atoms with E-state index in [0.717, 1.165) is 5.69 Å². The fraction of sp³-hybridized carbons (Fsp3) is 0.267. The lowest BCUT2D eigenvalue weighted by Gasteiger charge is -2.17. The van der Waals surface area contributed by atoms with Crippen LogP contribution in [0.25, 0.3) is 11.1 Å². The molecule has 1 heterocycles. The molecule has 0 atom stereocenters. The van der Waals surface area contributed by atoms with Gasteiger partial charge in [0.1, 0.15) is 0 Å². The molecule has 0 bridgehead atoms. The Morgan fingerprint density at radius 2 is 1.50 bits per heavy atom. The summed E-state index contributed by atoms with van der Waals surface area (Å²) in [5.74, 6) is 0. The van der Waals surface area contributed by atoms with E-state index >= 15 is 0 Å². The van der Waals surface area contributed by atoms with E-state index in [1.165, 1.54) is 11.1 Å². The van der Waals surface area contributed by atoms with Gasteiger partial charge in [0.25, 0.3) is 0 Å². The van der Waals surface area contributed by atoms with E-state index in [0.29, 0.717) is 0 Å². The third-order valence-corrected chi connectivity index (χ3v) is 2.64. The molecule has 16 heavy (non-hydrogen) atoms. The molecule has 0 N–H and O–H groups in total. The van der Waals surface area contributed by atoms with Crippen LogP contribution < -0.4 is 0 Å². The van der Waals surface area contributed by atoms with Gasteiger partial charge in [0, 0.05) is 22.9 Å². The summed E-state index contributed by atoms with van der Waals surface area (Å²) in [5, 5.41) is 0. The number of rotatable bonds is 1. The minimum atomic E-state index is 0.120. The average molecular weight is 211 g/mol. The molecule has 0 saturated heterocycles. The number of pyridine rings is 1. The summed E-state index contributed by atoms with van der Waals surface area (Å²) in [6.07, 6.45) is 1.95. The Kier molecular flexibility index (Phi) is 2.78. The predicted molar refractivity (Wildman–Crippen MR) is 68.4 cm³/mol. The predicted octanol–water partition coefficient (Wildman–Crippen LogP) is 4.05. The van der Waals surface area contributed by atoms with Crippen LogP contribution in [0.2, 0.25) is 0 Å². The van der Waals surface area contributed by atoms with Crippen molar-refractivity contribution in [3.8, 4) is 11.1 Å². The fourth-order valence-electron chi connectivity index (χ4n) is 1.64. The first-order chi connectivity index (χ1) is 7.57. The number of aromatic nitrogens is 1. The molecule has 0 aliphatic heterocycles. The molecule has 0 unspecified atom stereocenters. The first-order valence-corrected chi connectivity index (χ1v) is 5.59. The van der Waals surface area contributed by atoms with Crippen LogP contribution in [0.15, 0.2) is 48.7 Å². The van der Waals surface area contributed by atoms with Crippen LogP contribution in [0, 0.1) is 0 Å². The Morgan fingerprint density at radius 1 is 0.812 bits per heavy atom. The summed E-state index contributed by atoms with van der Waals surface area (Å²) in [7, 11) is 0. The second kappa shape index (κ2) is 4.09. The largest absolute Gasteiger partial charge is 0.260 e. The van der Waals surface area contributed by atoms with Gasteiger partial charge in [0.2, 0.25) is 0 Å². The molecule has 1 nitrogen and oxygen atoms in total. The summed E-state index contributed by atoms with van der Waals surface area (Å²) in [6, 6.07) is 14.6. The standard InChI is InChI=1S/C15H17N/c1-15(2,3)14-10-9-13(11-16-14)12-7-5-4-6-8-12/h4-11H,1-3H3. The zero-order valence-electron chi connectivity index (χ0n) is 10.1. The van der Waals surface area contributed by atoms with E-state index in [1.54, 1.807) is 0 Å². The van der Waals surface area contributed by atoms with Crippen LogP contribution in [0.5, 0.6) is 0 Å². The average Bonchev–Trinajstić information content (AvgIpc) is 2.29. The van der Waals surface area contributed by atoms with Gasteiger partial charge in [-0.05, 0) is 11.6 Å². The lowest BCUT2D eigenvalue weighted by Crippen LogP contribution is -2.12. The highest BCUT2D eigenvalue weighted by Gasteiger charge is 2.14. The van der Waals surface area contributed by atoms with Gasteiger partial charge in [-0.2, -0.15) is 0 Å². The summed E-state index contributed by atoms with van der Waals surface area (Å²) in [4.78, 5) is 4.53. The van der Waals surface area contributed by atoms with Gasteiger partial charge >= 0.3 is 0 Å². The third kappa shape index (κ3) is 2.30. The van der Waals surface area contributed by atoms with Gasteiger partial charge in [-0.25, -0.2) is 0 Å². The lowest BCUT2D eigenvalue weighted by molar-refractivity contribution is 0.569. The Bertz CT molecular complexity index is 449. The minimum Gasteiger partial charge on any atom is -0.260 e. The van der Waals surface area contributed by atoms with Gasteiger partial charge in [-0.15, -0.1) is 0 Å². The van der Waals surface area contributed by atoms with Crippen LogP contribution in [-0.2, 0) is 5.41 Å². The number of hydrogen-bond acceptors (Lipinski definition) is 1. The molecule has 82 valence electrons. The van der Waals surface area contributed by atoms with E-state index < -0.39 is 0 Å². The van der Waals surface area contributed by atoms with E-state index in [1.807, 2.05) is 24.4 Å². The summed E-state index contributed by atoms with van der Waals surface area (Å²) >= 11 is 0. The maximum Gasteiger partial charge on any atom is 0.0457 e. The SMILES string of the molecule is CC(C)(C)c1ccc(-c2ccccc2)cn1. The molecule has 2 rings (SSSR count). The molecular formula is C15H17N. The monoisotopic (exact) mass is 211 g/mol.